The molecule has 1 rings (SSSR count). The molecule has 0 aliphatic carbocycles. The van der Waals surface area contributed by atoms with Crippen molar-refractivity contribution in [3.8, 4) is 0 Å². The van der Waals surface area contributed by atoms with Gasteiger partial charge in [0.05, 0.1) is 0 Å². The fraction of sp³-hybridized carbons (Fsp3) is 0.286. The molecule has 0 radical (unpaired) electrons. The van der Waals surface area contributed by atoms with Crippen molar-refractivity contribution < 1.29 is 14.7 Å². The minimum Gasteiger partial charge on any atom is -0.480 e. The largest absolute Gasteiger partial charge is 0.480 e. The van der Waals surface area contributed by atoms with E-state index < -0.39 is 17.9 Å². The van der Waals surface area contributed by atoms with Crippen LogP contribution in [0.3, 0.4) is 0 Å². The van der Waals surface area contributed by atoms with E-state index in [1.807, 2.05) is 6.26 Å². The molecule has 7 heteroatoms. The van der Waals surface area contributed by atoms with Gasteiger partial charge in [-0.25, -0.2) is 4.79 Å². The van der Waals surface area contributed by atoms with Crippen LogP contribution in [0.2, 0.25) is 10.0 Å². The van der Waals surface area contributed by atoms with Crippen LogP contribution >= 0.6 is 35.0 Å². The van der Waals surface area contributed by atoms with Crippen molar-refractivity contribution in [1.29, 1.82) is 0 Å². The molecule has 0 aliphatic rings. The average molecular weight is 348 g/mol. The molecule has 0 aromatic heterocycles. The van der Waals surface area contributed by atoms with Crippen LogP contribution in [0.4, 0.5) is 0 Å². The van der Waals surface area contributed by atoms with Gasteiger partial charge in [-0.2, -0.15) is 11.8 Å². The molecule has 4 nitrogen and oxygen atoms in total. The van der Waals surface area contributed by atoms with Crippen LogP contribution in [0, 0.1) is 0 Å². The maximum atomic E-state index is 11.8. The number of thioether (sulfide) groups is 1. The predicted octanol–water partition coefficient (Wildman–Crippen LogP) is 3.33. The number of carbonyl (C=O) groups excluding carboxylic acids is 1. The van der Waals surface area contributed by atoms with Crippen LogP contribution in [0.25, 0.3) is 6.08 Å². The summed E-state index contributed by atoms with van der Waals surface area (Å²) in [6, 6.07) is 4.11. The van der Waals surface area contributed by atoms with Crippen molar-refractivity contribution >= 4 is 52.9 Å². The molecule has 1 aromatic rings. The first kappa shape index (κ1) is 17.9. The highest BCUT2D eigenvalue weighted by atomic mass is 35.5. The molecule has 114 valence electrons. The van der Waals surface area contributed by atoms with E-state index in [0.717, 1.165) is 0 Å². The van der Waals surface area contributed by atoms with Crippen molar-refractivity contribution in [3.63, 3.8) is 0 Å². The van der Waals surface area contributed by atoms with Gasteiger partial charge in [-0.1, -0.05) is 29.3 Å². The number of amides is 1. The Morgan fingerprint density at radius 2 is 2.00 bits per heavy atom. The van der Waals surface area contributed by atoms with E-state index in [4.69, 9.17) is 28.3 Å². The van der Waals surface area contributed by atoms with Gasteiger partial charge in [0.2, 0.25) is 5.91 Å². The van der Waals surface area contributed by atoms with Gasteiger partial charge in [-0.15, -0.1) is 0 Å². The number of carboxylic acid groups (broad SMARTS) is 1. The first-order valence-corrected chi connectivity index (χ1v) is 8.25. The third-order valence-corrected chi connectivity index (χ3v) is 3.93. The van der Waals surface area contributed by atoms with Crippen molar-refractivity contribution in [2.24, 2.45) is 0 Å². The minimum atomic E-state index is -1.05. The van der Waals surface area contributed by atoms with Crippen LogP contribution in [-0.4, -0.2) is 35.0 Å². The number of halogens is 2. The average Bonchev–Trinajstić information content (AvgIpc) is 2.42. The van der Waals surface area contributed by atoms with E-state index in [2.05, 4.69) is 5.32 Å². The Bertz CT molecular complexity index is 529. The van der Waals surface area contributed by atoms with Crippen LogP contribution in [0.1, 0.15) is 12.0 Å². The topological polar surface area (TPSA) is 66.4 Å². The summed E-state index contributed by atoms with van der Waals surface area (Å²) in [5, 5.41) is 12.3. The number of carbonyl (C=O) groups is 2. The van der Waals surface area contributed by atoms with Crippen molar-refractivity contribution in [1.82, 2.24) is 5.32 Å². The molecule has 0 heterocycles. The fourth-order valence-corrected chi connectivity index (χ4v) is 2.54. The van der Waals surface area contributed by atoms with Gasteiger partial charge in [0.1, 0.15) is 6.04 Å². The lowest BCUT2D eigenvalue weighted by atomic mass is 10.2. The summed E-state index contributed by atoms with van der Waals surface area (Å²) in [6.07, 6.45) is 4.93. The number of nitrogens with one attached hydrogen (secondary N) is 1. The van der Waals surface area contributed by atoms with Crippen molar-refractivity contribution in [2.45, 2.75) is 12.5 Å². The highest BCUT2D eigenvalue weighted by Gasteiger charge is 2.18. The van der Waals surface area contributed by atoms with Gasteiger partial charge < -0.3 is 10.4 Å². The lowest BCUT2D eigenvalue weighted by Crippen LogP contribution is -2.40. The molecule has 1 aromatic carbocycles. The van der Waals surface area contributed by atoms with E-state index in [-0.39, 0.29) is 0 Å². The molecule has 21 heavy (non-hydrogen) atoms. The third-order valence-electron chi connectivity index (χ3n) is 2.63. The summed E-state index contributed by atoms with van der Waals surface area (Å²) in [6.45, 7) is 0. The van der Waals surface area contributed by atoms with Gasteiger partial charge >= 0.3 is 5.97 Å². The molecule has 1 atom stereocenters. The lowest BCUT2D eigenvalue weighted by Gasteiger charge is -2.12. The molecule has 0 aliphatic heterocycles. The molecule has 0 unspecified atom stereocenters. The maximum absolute atomic E-state index is 11.8. The summed E-state index contributed by atoms with van der Waals surface area (Å²) in [5.41, 5.74) is 0.520. The number of rotatable bonds is 7. The zero-order valence-electron chi connectivity index (χ0n) is 11.3. The molecule has 0 fully saturated rings. The van der Waals surface area contributed by atoms with E-state index >= 15 is 0 Å². The smallest absolute Gasteiger partial charge is 0.326 e. The van der Waals surface area contributed by atoms with Gasteiger partial charge in [-0.3, -0.25) is 4.79 Å². The SMILES string of the molecule is CSCC[C@@H](NC(=O)/C=C/c1c(Cl)cccc1Cl)C(=O)O. The highest BCUT2D eigenvalue weighted by Crippen LogP contribution is 2.25. The Morgan fingerprint density at radius 1 is 1.38 bits per heavy atom. The summed E-state index contributed by atoms with van der Waals surface area (Å²) in [4.78, 5) is 22.8. The minimum absolute atomic E-state index is 0.364. The molecule has 1 amide bonds. The molecule has 2 N–H and O–H groups in total. The van der Waals surface area contributed by atoms with Gasteiger partial charge in [-0.05, 0) is 36.6 Å². The Kier molecular flexibility index (Phi) is 7.64. The standard InChI is InChI=1S/C14H15Cl2NO3S/c1-21-8-7-12(14(19)20)17-13(18)6-5-9-10(15)3-2-4-11(9)16/h2-6,12H,7-8H2,1H3,(H,17,18)(H,19,20)/b6-5+/t12-/m1/s1. The second-order valence-corrected chi connectivity index (χ2v) is 5.95. The normalized spacial score (nSPS) is 12.3. The van der Waals surface area contributed by atoms with E-state index in [1.165, 1.54) is 23.9 Å². The third kappa shape index (κ3) is 5.99. The first-order chi connectivity index (χ1) is 9.95. The Balaban J connectivity index is 2.71. The summed E-state index contributed by atoms with van der Waals surface area (Å²) in [5.74, 6) is -0.904. The van der Waals surface area contributed by atoms with E-state index in [1.54, 1.807) is 18.2 Å². The Morgan fingerprint density at radius 3 is 2.52 bits per heavy atom. The van der Waals surface area contributed by atoms with Gasteiger partial charge in [0.25, 0.3) is 0 Å². The number of aliphatic carboxylic acids is 1. The lowest BCUT2D eigenvalue weighted by molar-refractivity contribution is -0.141. The van der Waals surface area contributed by atoms with Crippen LogP contribution in [0.15, 0.2) is 24.3 Å². The zero-order chi connectivity index (χ0) is 15.8. The molecule has 0 spiro atoms. The van der Waals surface area contributed by atoms with Crippen LogP contribution in [-0.2, 0) is 9.59 Å². The number of hydrogen-bond donors (Lipinski definition) is 2. The number of carboxylic acids is 1. The summed E-state index contributed by atoms with van der Waals surface area (Å²) >= 11 is 13.5. The highest BCUT2D eigenvalue weighted by molar-refractivity contribution is 7.98. The molecule has 0 saturated carbocycles. The van der Waals surface area contributed by atoms with Crippen molar-refractivity contribution in [2.75, 3.05) is 12.0 Å². The molecular weight excluding hydrogens is 333 g/mol. The maximum Gasteiger partial charge on any atom is 0.326 e. The van der Waals surface area contributed by atoms with Gasteiger partial charge in [0, 0.05) is 21.7 Å². The Hall–Kier alpha value is -1.17. The summed E-state index contributed by atoms with van der Waals surface area (Å²) in [7, 11) is 0. The van der Waals surface area contributed by atoms with Crippen LogP contribution < -0.4 is 5.32 Å². The zero-order valence-corrected chi connectivity index (χ0v) is 13.6. The van der Waals surface area contributed by atoms with Gasteiger partial charge in [0.15, 0.2) is 0 Å². The quantitative estimate of drug-likeness (QED) is 0.742. The summed E-state index contributed by atoms with van der Waals surface area (Å²) < 4.78 is 0. The predicted molar refractivity (Wildman–Crippen MR) is 88.1 cm³/mol. The van der Waals surface area contributed by atoms with Crippen molar-refractivity contribution in [3.05, 3.63) is 39.9 Å². The Labute approximate surface area is 137 Å². The van der Waals surface area contributed by atoms with E-state index in [0.29, 0.717) is 27.8 Å². The van der Waals surface area contributed by atoms with E-state index in [9.17, 15) is 9.59 Å². The first-order valence-electron chi connectivity index (χ1n) is 6.10. The molecular formula is C14H15Cl2NO3S. The number of hydrogen-bond acceptors (Lipinski definition) is 3. The molecule has 0 saturated heterocycles. The second kappa shape index (κ2) is 8.97. The molecule has 0 bridgehead atoms. The second-order valence-electron chi connectivity index (χ2n) is 4.15. The fourth-order valence-electron chi connectivity index (χ4n) is 1.54. The number of benzene rings is 1. The monoisotopic (exact) mass is 347 g/mol. The van der Waals surface area contributed by atoms with Crippen LogP contribution in [0.5, 0.6) is 0 Å².